The zero-order valence-electron chi connectivity index (χ0n) is 28.3. The van der Waals surface area contributed by atoms with Crippen molar-refractivity contribution in [1.82, 2.24) is 0 Å². The number of nitriles is 1. The highest BCUT2D eigenvalue weighted by Gasteiger charge is 2.72. The maximum Gasteiger partial charge on any atom is 0.283 e. The van der Waals surface area contributed by atoms with Crippen molar-refractivity contribution in [3.63, 3.8) is 0 Å². The molecule has 0 N–H and O–H groups in total. The Labute approximate surface area is 287 Å². The number of pyridine rings is 2. The molecule has 49 heavy (non-hydrogen) atoms. The van der Waals surface area contributed by atoms with Crippen LogP contribution < -0.4 is 9.13 Å². The molecule has 8 rings (SSSR count). The van der Waals surface area contributed by atoms with Gasteiger partial charge in [-0.25, -0.2) is 8.78 Å². The summed E-state index contributed by atoms with van der Waals surface area (Å²) < 4.78 is 36.6. The van der Waals surface area contributed by atoms with Crippen LogP contribution in [0.3, 0.4) is 0 Å². The standard InChI is InChI=1S/C44H41F2N3/c1-4-23-43(3)44(37-27-38(45)36(28-47)42(46)41(37)40-14-8-10-25-49(40)44)29(2)34-22-21-33(26-35(34)39-13-7-9-24-48(39)43)32-19-17-31(18-20-32)12-6-5-11-30-15-16-30/h7-10,13-14,17-22,24-27,30H,2,4-6,11-12,15-16,23H2,1,3H3/q+2. The lowest BCUT2D eigenvalue weighted by molar-refractivity contribution is -0.846. The molecule has 3 nitrogen and oxygen atoms in total. The van der Waals surface area contributed by atoms with Gasteiger partial charge in [-0.05, 0) is 71.7 Å². The quantitative estimate of drug-likeness (QED) is 0.122. The molecule has 0 saturated heterocycles. The number of nitrogens with zero attached hydrogens (tertiary/aromatic N) is 3. The molecule has 1 fully saturated rings. The Bertz CT molecular complexity index is 2170. The molecule has 4 heterocycles. The average Bonchev–Trinajstić information content (AvgIpc) is 3.91. The minimum absolute atomic E-state index is 0.257. The number of benzene rings is 3. The van der Waals surface area contributed by atoms with Gasteiger partial charge >= 0.3 is 0 Å². The van der Waals surface area contributed by atoms with E-state index < -0.39 is 28.3 Å². The molecule has 5 heteroatoms. The second-order valence-electron chi connectivity index (χ2n) is 14.4. The molecule has 3 aliphatic rings. The van der Waals surface area contributed by atoms with Crippen LogP contribution in [0, 0.1) is 28.9 Å². The van der Waals surface area contributed by atoms with Gasteiger partial charge in [0.25, 0.3) is 5.54 Å². The summed E-state index contributed by atoms with van der Waals surface area (Å²) in [4.78, 5) is 0. The first kappa shape index (κ1) is 31.3. The summed E-state index contributed by atoms with van der Waals surface area (Å²) >= 11 is 0. The normalized spacial score (nSPS) is 20.3. The van der Waals surface area contributed by atoms with Crippen LogP contribution in [0.5, 0.6) is 0 Å². The number of hydrogen-bond donors (Lipinski definition) is 0. The topological polar surface area (TPSA) is 31.5 Å². The minimum Gasteiger partial charge on any atom is -0.205 e. The summed E-state index contributed by atoms with van der Waals surface area (Å²) in [6.07, 6.45) is 13.4. The van der Waals surface area contributed by atoms with Gasteiger partial charge in [0.1, 0.15) is 17.4 Å². The molecule has 0 radical (unpaired) electrons. The number of halogens is 2. The number of fused-ring (bicyclic) bond motifs is 8. The molecule has 244 valence electrons. The smallest absolute Gasteiger partial charge is 0.205 e. The third kappa shape index (κ3) is 4.64. The highest BCUT2D eigenvalue weighted by molar-refractivity contribution is 5.89. The lowest BCUT2D eigenvalue weighted by Gasteiger charge is -2.38. The SMILES string of the molecule is C=C1c2ccc(-c3ccc(CCCCC4CC4)cc3)cc2-c2cccc[n+]2C(C)(CCC)C12c1cc(F)c(C#N)c(F)c1-c1cccc[n+]12. The van der Waals surface area contributed by atoms with Crippen molar-refractivity contribution < 1.29 is 17.9 Å². The van der Waals surface area contributed by atoms with E-state index in [-0.39, 0.29) is 5.56 Å². The van der Waals surface area contributed by atoms with Crippen molar-refractivity contribution in [2.45, 2.75) is 76.3 Å². The maximum atomic E-state index is 16.4. The first-order chi connectivity index (χ1) is 23.8. The predicted octanol–water partition coefficient (Wildman–Crippen LogP) is 9.83. The zero-order valence-corrected chi connectivity index (χ0v) is 28.3. The lowest BCUT2D eigenvalue weighted by Crippen LogP contribution is -2.75. The number of hydrogen-bond acceptors (Lipinski definition) is 1. The predicted molar refractivity (Wildman–Crippen MR) is 189 cm³/mol. The molecule has 1 spiro atoms. The Balaban J connectivity index is 1.32. The molecule has 2 atom stereocenters. The van der Waals surface area contributed by atoms with Gasteiger partial charge in [-0.15, -0.1) is 0 Å². The van der Waals surface area contributed by atoms with Crippen LogP contribution >= 0.6 is 0 Å². The van der Waals surface area contributed by atoms with Crippen LogP contribution in [0.25, 0.3) is 39.2 Å². The third-order valence-corrected chi connectivity index (χ3v) is 11.5. The van der Waals surface area contributed by atoms with Crippen LogP contribution in [-0.2, 0) is 17.5 Å². The maximum absolute atomic E-state index is 16.4. The van der Waals surface area contributed by atoms with Crippen LogP contribution in [-0.4, -0.2) is 0 Å². The van der Waals surface area contributed by atoms with E-state index in [0.29, 0.717) is 17.7 Å². The number of rotatable bonds is 8. The van der Waals surface area contributed by atoms with Crippen molar-refractivity contribution in [1.29, 1.82) is 5.26 Å². The molecule has 2 aliphatic heterocycles. The fourth-order valence-corrected chi connectivity index (χ4v) is 8.99. The Morgan fingerprint density at radius 3 is 2.29 bits per heavy atom. The van der Waals surface area contributed by atoms with Gasteiger partial charge in [0, 0.05) is 43.2 Å². The molecule has 2 unspecified atom stereocenters. The minimum atomic E-state index is -1.11. The van der Waals surface area contributed by atoms with Crippen LogP contribution in [0.2, 0.25) is 0 Å². The number of allylic oxidation sites excluding steroid dienone is 1. The van der Waals surface area contributed by atoms with Crippen LogP contribution in [0.1, 0.15) is 81.0 Å². The molecule has 1 saturated carbocycles. The van der Waals surface area contributed by atoms with E-state index in [9.17, 15) is 5.26 Å². The number of aromatic nitrogens is 2. The first-order valence-electron chi connectivity index (χ1n) is 17.7. The second-order valence-corrected chi connectivity index (χ2v) is 14.4. The van der Waals surface area contributed by atoms with Crippen LogP contribution in [0.15, 0.2) is 104 Å². The van der Waals surface area contributed by atoms with Gasteiger partial charge in [-0.1, -0.05) is 75.6 Å². The Morgan fingerprint density at radius 1 is 0.857 bits per heavy atom. The van der Waals surface area contributed by atoms with Gasteiger partial charge in [0.15, 0.2) is 18.2 Å². The highest BCUT2D eigenvalue weighted by Crippen LogP contribution is 2.57. The first-order valence-corrected chi connectivity index (χ1v) is 17.7. The highest BCUT2D eigenvalue weighted by atomic mass is 19.1. The van der Waals surface area contributed by atoms with E-state index in [1.807, 2.05) is 30.5 Å². The molecule has 1 aliphatic carbocycles. The largest absolute Gasteiger partial charge is 0.283 e. The summed E-state index contributed by atoms with van der Waals surface area (Å²) in [7, 11) is 0. The molecular formula is C44H41F2N3+2. The summed E-state index contributed by atoms with van der Waals surface area (Å²) in [5, 5.41) is 9.77. The van der Waals surface area contributed by atoms with Crippen LogP contribution in [0.4, 0.5) is 8.78 Å². The molecule has 0 bridgehead atoms. The van der Waals surface area contributed by atoms with Crippen molar-refractivity contribution in [3.8, 4) is 39.7 Å². The van der Waals surface area contributed by atoms with Gasteiger partial charge < -0.3 is 0 Å². The van der Waals surface area contributed by atoms with Crippen molar-refractivity contribution in [2.75, 3.05) is 0 Å². The van der Waals surface area contributed by atoms with Gasteiger partial charge in [-0.3, -0.25) is 0 Å². The molecule has 3 aromatic carbocycles. The summed E-state index contributed by atoms with van der Waals surface area (Å²) in [5.41, 5.74) is 6.25. The Kier molecular flexibility index (Phi) is 7.59. The van der Waals surface area contributed by atoms with Crippen molar-refractivity contribution in [3.05, 3.63) is 138 Å². The number of aryl methyl sites for hydroxylation is 1. The second kappa shape index (κ2) is 11.9. The van der Waals surface area contributed by atoms with E-state index in [1.165, 1.54) is 43.7 Å². The average molecular weight is 650 g/mol. The van der Waals surface area contributed by atoms with Gasteiger partial charge in [0.2, 0.25) is 16.9 Å². The van der Waals surface area contributed by atoms with E-state index >= 15 is 8.78 Å². The fraction of sp³-hybridized carbons (Fsp3) is 0.295. The molecule has 5 aromatic rings. The Morgan fingerprint density at radius 2 is 1.57 bits per heavy atom. The monoisotopic (exact) mass is 649 g/mol. The molecular weight excluding hydrogens is 609 g/mol. The number of unbranched alkanes of at least 4 members (excludes halogenated alkanes) is 1. The van der Waals surface area contributed by atoms with E-state index in [1.54, 1.807) is 6.07 Å². The van der Waals surface area contributed by atoms with Gasteiger partial charge in [-0.2, -0.15) is 14.4 Å². The third-order valence-electron chi connectivity index (χ3n) is 11.5. The fourth-order valence-electron chi connectivity index (χ4n) is 8.99. The summed E-state index contributed by atoms with van der Waals surface area (Å²) in [6, 6.07) is 30.5. The lowest BCUT2D eigenvalue weighted by atomic mass is 9.65. The van der Waals surface area contributed by atoms with E-state index in [2.05, 4.69) is 83.8 Å². The molecule has 2 aromatic heterocycles. The summed E-state index contributed by atoms with van der Waals surface area (Å²) in [6.45, 7) is 9.16. The van der Waals surface area contributed by atoms with E-state index in [0.717, 1.165) is 52.3 Å². The summed E-state index contributed by atoms with van der Waals surface area (Å²) in [5.74, 6) is -0.701. The zero-order chi connectivity index (χ0) is 33.9. The Hall–Kier alpha value is -4.95. The molecule has 0 amide bonds. The van der Waals surface area contributed by atoms with Gasteiger partial charge in [0.05, 0.1) is 16.7 Å². The van der Waals surface area contributed by atoms with Crippen molar-refractivity contribution in [2.24, 2.45) is 5.92 Å². The van der Waals surface area contributed by atoms with Crippen molar-refractivity contribution >= 4 is 5.57 Å². The van der Waals surface area contributed by atoms with E-state index in [4.69, 9.17) is 6.58 Å².